The Morgan fingerprint density at radius 2 is 1.81 bits per heavy atom. The number of rotatable bonds is 5. The Balaban J connectivity index is 1.29. The highest BCUT2D eigenvalue weighted by Crippen LogP contribution is 2.56. The third-order valence-corrected chi connectivity index (χ3v) is 11.0. The molecule has 5 rings (SSSR count). The maximum absolute atomic E-state index is 13.1. The summed E-state index contributed by atoms with van der Waals surface area (Å²) in [5.41, 5.74) is 4.12. The van der Waals surface area contributed by atoms with Gasteiger partial charge in [-0.05, 0) is 93.0 Å². The number of nitrogens with one attached hydrogen (secondary N) is 1. The predicted octanol–water partition coefficient (Wildman–Crippen LogP) is 7.93. The normalized spacial score (nSPS) is 24.6. The third-order valence-electron chi connectivity index (χ3n) is 7.54. The van der Waals surface area contributed by atoms with Gasteiger partial charge in [-0.1, -0.05) is 65.3 Å². The van der Waals surface area contributed by atoms with E-state index < -0.39 is 11.4 Å². The first-order valence-corrected chi connectivity index (χ1v) is 15.1. The van der Waals surface area contributed by atoms with Crippen LogP contribution in [0.1, 0.15) is 75.1 Å². The summed E-state index contributed by atoms with van der Waals surface area (Å²) < 4.78 is 16.4. The Morgan fingerprint density at radius 3 is 2.50 bits per heavy atom. The standard InChI is InChI=1S/C28H31Cl2N3OS2/c1-27(2,3)36(34)33-25-21-7-5-4-6-19(21)16-28(25)13-10-18(11-14-28)20-8-9-23(32-17-20)35-22-12-15-31-26(30)24(22)29/h4-9,12,15,17-18,25,33H,10-11,13-14,16H2,1-3H3/t18-,25-,28-,36+/m0/s1. The molecule has 0 bridgehead atoms. The van der Waals surface area contributed by atoms with Gasteiger partial charge in [0.2, 0.25) is 0 Å². The van der Waals surface area contributed by atoms with E-state index in [0.717, 1.165) is 42.0 Å². The molecule has 0 radical (unpaired) electrons. The molecule has 2 aromatic heterocycles. The quantitative estimate of drug-likeness (QED) is 0.254. The molecule has 8 heteroatoms. The molecule has 2 atom stereocenters. The van der Waals surface area contributed by atoms with Crippen molar-refractivity contribution in [2.45, 2.75) is 79.5 Å². The minimum atomic E-state index is -1.11. The van der Waals surface area contributed by atoms with E-state index in [1.54, 1.807) is 6.20 Å². The highest BCUT2D eigenvalue weighted by atomic mass is 35.5. The first-order valence-electron chi connectivity index (χ1n) is 12.4. The molecule has 3 aromatic rings. The lowest BCUT2D eigenvalue weighted by molar-refractivity contribution is 0.140. The Bertz CT molecular complexity index is 1220. The second-order valence-electron chi connectivity index (χ2n) is 10.9. The van der Waals surface area contributed by atoms with Crippen LogP contribution in [0.2, 0.25) is 10.2 Å². The van der Waals surface area contributed by atoms with Crippen molar-refractivity contribution in [3.63, 3.8) is 0 Å². The molecular formula is C28H31Cl2N3OS2. The summed E-state index contributed by atoms with van der Waals surface area (Å²) in [6, 6.07) is 14.9. The molecule has 0 aliphatic heterocycles. The smallest absolute Gasteiger partial charge is 0.148 e. The topological polar surface area (TPSA) is 60.9 Å². The van der Waals surface area contributed by atoms with Gasteiger partial charge >= 0.3 is 0 Å². The van der Waals surface area contributed by atoms with Crippen LogP contribution >= 0.6 is 35.0 Å². The van der Waals surface area contributed by atoms with E-state index in [4.69, 9.17) is 28.2 Å². The van der Waals surface area contributed by atoms with Crippen molar-refractivity contribution < 1.29 is 4.55 Å². The molecule has 1 fully saturated rings. The van der Waals surface area contributed by atoms with Crippen LogP contribution in [0.4, 0.5) is 0 Å². The largest absolute Gasteiger partial charge is 0.598 e. The van der Waals surface area contributed by atoms with Crippen LogP contribution in [0.15, 0.2) is 64.8 Å². The number of hydrogen-bond donors (Lipinski definition) is 1. The SMILES string of the molecule is CC(C)(C)[S@@+]([O-])N[C@H]1c2ccccc2C[C@]12CC[C@@H](c1ccc(Sc3ccnc(Cl)c3Cl)nc1)CC2. The first-order chi connectivity index (χ1) is 17.2. The fourth-order valence-electron chi connectivity index (χ4n) is 5.54. The predicted molar refractivity (Wildman–Crippen MR) is 150 cm³/mol. The number of aromatic nitrogens is 2. The van der Waals surface area contributed by atoms with E-state index in [2.05, 4.69) is 46.1 Å². The lowest BCUT2D eigenvalue weighted by Gasteiger charge is -2.42. The summed E-state index contributed by atoms with van der Waals surface area (Å²) >= 11 is 12.7. The number of nitrogens with zero attached hydrogens (tertiary/aromatic N) is 2. The molecular weight excluding hydrogens is 529 g/mol. The van der Waals surface area contributed by atoms with E-state index >= 15 is 0 Å². The molecule has 2 aliphatic carbocycles. The van der Waals surface area contributed by atoms with Gasteiger partial charge in [0.05, 0.1) is 11.1 Å². The van der Waals surface area contributed by atoms with E-state index in [-0.39, 0.29) is 16.2 Å². The Hall–Kier alpha value is -1.28. The summed E-state index contributed by atoms with van der Waals surface area (Å²) in [5, 5.41) is 1.65. The molecule has 0 unspecified atom stereocenters. The van der Waals surface area contributed by atoms with Gasteiger partial charge < -0.3 is 4.55 Å². The fourth-order valence-corrected chi connectivity index (χ4v) is 7.71. The van der Waals surface area contributed by atoms with Crippen molar-refractivity contribution >= 4 is 46.3 Å². The lowest BCUT2D eigenvalue weighted by Crippen LogP contribution is -2.46. The van der Waals surface area contributed by atoms with Crippen molar-refractivity contribution in [2.24, 2.45) is 5.41 Å². The van der Waals surface area contributed by atoms with Crippen LogP contribution in [-0.2, 0) is 17.8 Å². The van der Waals surface area contributed by atoms with Crippen molar-refractivity contribution in [3.8, 4) is 0 Å². The van der Waals surface area contributed by atoms with Crippen molar-refractivity contribution in [3.05, 3.63) is 81.7 Å². The number of halogens is 2. The van der Waals surface area contributed by atoms with Crippen LogP contribution < -0.4 is 4.72 Å². The minimum absolute atomic E-state index is 0.113. The zero-order valence-electron chi connectivity index (χ0n) is 20.8. The molecule has 1 aromatic carbocycles. The minimum Gasteiger partial charge on any atom is -0.598 e. The maximum atomic E-state index is 13.1. The highest BCUT2D eigenvalue weighted by Gasteiger charge is 2.50. The summed E-state index contributed by atoms with van der Waals surface area (Å²) in [6.07, 6.45) is 9.14. The molecule has 1 N–H and O–H groups in total. The van der Waals surface area contributed by atoms with Gasteiger partial charge in [0.15, 0.2) is 0 Å². The second-order valence-corrected chi connectivity index (χ2v) is 14.7. The molecule has 2 aliphatic rings. The van der Waals surface area contributed by atoms with Gasteiger partial charge in [0.1, 0.15) is 14.9 Å². The third kappa shape index (κ3) is 5.31. The van der Waals surface area contributed by atoms with E-state index in [1.165, 1.54) is 28.5 Å². The lowest BCUT2D eigenvalue weighted by atomic mass is 9.66. The van der Waals surface area contributed by atoms with E-state index in [0.29, 0.717) is 16.1 Å². The molecule has 4 nitrogen and oxygen atoms in total. The van der Waals surface area contributed by atoms with Gasteiger partial charge in [0, 0.05) is 28.7 Å². The summed E-state index contributed by atoms with van der Waals surface area (Å²) in [4.78, 5) is 9.57. The molecule has 36 heavy (non-hydrogen) atoms. The average Bonchev–Trinajstić information content (AvgIpc) is 3.15. The zero-order chi connectivity index (χ0) is 25.5. The van der Waals surface area contributed by atoms with Gasteiger partial charge in [-0.25, -0.2) is 9.97 Å². The monoisotopic (exact) mass is 559 g/mol. The number of fused-ring (bicyclic) bond motifs is 1. The molecule has 0 amide bonds. The molecule has 1 spiro atoms. The maximum Gasteiger partial charge on any atom is 0.148 e. The Kier molecular flexibility index (Phi) is 7.66. The second kappa shape index (κ2) is 10.5. The fraction of sp³-hybridized carbons (Fsp3) is 0.429. The van der Waals surface area contributed by atoms with Crippen LogP contribution in [0.5, 0.6) is 0 Å². The van der Waals surface area contributed by atoms with Crippen molar-refractivity contribution in [1.82, 2.24) is 14.7 Å². The number of pyridine rings is 2. The van der Waals surface area contributed by atoms with Crippen LogP contribution in [0.25, 0.3) is 0 Å². The van der Waals surface area contributed by atoms with Crippen LogP contribution in [-0.4, -0.2) is 19.3 Å². The van der Waals surface area contributed by atoms with Gasteiger partial charge in [0.25, 0.3) is 0 Å². The Labute approximate surface area is 231 Å². The molecule has 0 saturated heterocycles. The summed E-state index contributed by atoms with van der Waals surface area (Å²) in [7, 11) is 0. The van der Waals surface area contributed by atoms with Crippen molar-refractivity contribution in [1.29, 1.82) is 0 Å². The summed E-state index contributed by atoms with van der Waals surface area (Å²) in [6.45, 7) is 6.10. The van der Waals surface area contributed by atoms with Gasteiger partial charge in [-0.2, -0.15) is 0 Å². The van der Waals surface area contributed by atoms with Crippen LogP contribution in [0.3, 0.4) is 0 Å². The van der Waals surface area contributed by atoms with Gasteiger partial charge in [-0.15, -0.1) is 4.72 Å². The van der Waals surface area contributed by atoms with E-state index in [9.17, 15) is 4.55 Å². The van der Waals surface area contributed by atoms with Crippen LogP contribution in [0, 0.1) is 5.41 Å². The first kappa shape index (κ1) is 26.3. The molecule has 2 heterocycles. The Morgan fingerprint density at radius 1 is 1.06 bits per heavy atom. The highest BCUT2D eigenvalue weighted by molar-refractivity contribution is 7.99. The van der Waals surface area contributed by atoms with Gasteiger partial charge in [-0.3, -0.25) is 0 Å². The van der Waals surface area contributed by atoms with E-state index in [1.807, 2.05) is 33.0 Å². The molecule has 190 valence electrons. The average molecular weight is 561 g/mol. The molecule has 1 saturated carbocycles. The van der Waals surface area contributed by atoms with Crippen molar-refractivity contribution in [2.75, 3.05) is 0 Å². The summed E-state index contributed by atoms with van der Waals surface area (Å²) in [5.74, 6) is 0.485. The number of benzene rings is 1. The zero-order valence-corrected chi connectivity index (χ0v) is 23.9. The number of hydrogen-bond acceptors (Lipinski definition) is 5.